The number of hydrogen-bond donors (Lipinski definition) is 1. The van der Waals surface area contributed by atoms with E-state index in [1.807, 2.05) is 30.3 Å². The van der Waals surface area contributed by atoms with Gasteiger partial charge in [-0.15, -0.1) is 10.2 Å². The van der Waals surface area contributed by atoms with Crippen LogP contribution in [0.5, 0.6) is 23.0 Å². The molecule has 184 valence electrons. The fourth-order valence-corrected chi connectivity index (χ4v) is 3.90. The van der Waals surface area contributed by atoms with Gasteiger partial charge >= 0.3 is 6.03 Å². The van der Waals surface area contributed by atoms with Crippen LogP contribution in [0.15, 0.2) is 48.5 Å². The minimum absolute atomic E-state index is 0.192. The molecule has 0 unspecified atom stereocenters. The van der Waals surface area contributed by atoms with E-state index in [1.54, 1.807) is 51.5 Å². The molecule has 1 fully saturated rings. The average Bonchev–Trinajstić information content (AvgIpc) is 2.92. The number of carbonyl (C=O) groups is 1. The summed E-state index contributed by atoms with van der Waals surface area (Å²) in [5.74, 6) is 3.37. The SMILES string of the molecule is COc1ccc(OC)c(NC(=O)N2CCN(c3ccc(-c4cc(OC)ccc4OC)nn3)CC2)c1. The van der Waals surface area contributed by atoms with Crippen molar-refractivity contribution in [1.29, 1.82) is 0 Å². The number of hydrogen-bond acceptors (Lipinski definition) is 8. The minimum Gasteiger partial charge on any atom is -0.497 e. The van der Waals surface area contributed by atoms with Crippen LogP contribution in [0.4, 0.5) is 16.3 Å². The number of methoxy groups -OCH3 is 4. The molecule has 0 radical (unpaired) electrons. The van der Waals surface area contributed by atoms with Gasteiger partial charge in [-0.25, -0.2) is 4.79 Å². The molecule has 0 bridgehead atoms. The van der Waals surface area contributed by atoms with Crippen molar-refractivity contribution in [2.45, 2.75) is 0 Å². The summed E-state index contributed by atoms with van der Waals surface area (Å²) >= 11 is 0. The summed E-state index contributed by atoms with van der Waals surface area (Å²) in [6, 6.07) is 14.5. The van der Waals surface area contributed by atoms with Crippen LogP contribution in [-0.2, 0) is 0 Å². The van der Waals surface area contributed by atoms with E-state index in [9.17, 15) is 4.79 Å². The summed E-state index contributed by atoms with van der Waals surface area (Å²) in [5.41, 5.74) is 2.06. The molecule has 10 nitrogen and oxygen atoms in total. The third kappa shape index (κ3) is 5.32. The third-order valence-electron chi connectivity index (χ3n) is 5.87. The minimum atomic E-state index is -0.192. The lowest BCUT2D eigenvalue weighted by Gasteiger charge is -2.35. The van der Waals surface area contributed by atoms with E-state index in [0.717, 1.165) is 11.4 Å². The number of carbonyl (C=O) groups excluding carboxylic acids is 1. The molecule has 1 aliphatic rings. The Morgan fingerprint density at radius 2 is 1.43 bits per heavy atom. The molecule has 0 saturated carbocycles. The van der Waals surface area contributed by atoms with E-state index >= 15 is 0 Å². The molecule has 1 aliphatic heterocycles. The monoisotopic (exact) mass is 479 g/mol. The second-order valence-corrected chi connectivity index (χ2v) is 7.81. The van der Waals surface area contributed by atoms with Gasteiger partial charge in [-0.05, 0) is 42.5 Å². The van der Waals surface area contributed by atoms with Crippen LogP contribution in [0.25, 0.3) is 11.3 Å². The second kappa shape index (κ2) is 10.8. The Morgan fingerprint density at radius 3 is 2.03 bits per heavy atom. The van der Waals surface area contributed by atoms with E-state index in [4.69, 9.17) is 18.9 Å². The molecule has 35 heavy (non-hydrogen) atoms. The van der Waals surface area contributed by atoms with E-state index < -0.39 is 0 Å². The summed E-state index contributed by atoms with van der Waals surface area (Å²) < 4.78 is 21.4. The maximum Gasteiger partial charge on any atom is 0.322 e. The smallest absolute Gasteiger partial charge is 0.322 e. The molecule has 0 aliphatic carbocycles. The lowest BCUT2D eigenvalue weighted by Crippen LogP contribution is -2.50. The van der Waals surface area contributed by atoms with Gasteiger partial charge in [0.25, 0.3) is 0 Å². The van der Waals surface area contributed by atoms with Gasteiger partial charge in [-0.1, -0.05) is 0 Å². The fourth-order valence-electron chi connectivity index (χ4n) is 3.90. The van der Waals surface area contributed by atoms with Crippen LogP contribution in [-0.4, -0.2) is 75.7 Å². The highest BCUT2D eigenvalue weighted by Crippen LogP contribution is 2.33. The van der Waals surface area contributed by atoms with Gasteiger partial charge in [0.1, 0.15) is 23.0 Å². The van der Waals surface area contributed by atoms with Crippen molar-refractivity contribution < 1.29 is 23.7 Å². The Balaban J connectivity index is 1.39. The highest BCUT2D eigenvalue weighted by Gasteiger charge is 2.23. The van der Waals surface area contributed by atoms with Crippen LogP contribution in [0.3, 0.4) is 0 Å². The zero-order valence-corrected chi connectivity index (χ0v) is 20.3. The number of nitrogens with one attached hydrogen (secondary N) is 1. The van der Waals surface area contributed by atoms with Crippen LogP contribution in [0, 0.1) is 0 Å². The summed E-state index contributed by atoms with van der Waals surface area (Å²) in [6.45, 7) is 2.37. The Labute approximate surface area is 204 Å². The van der Waals surface area contributed by atoms with Gasteiger partial charge in [-0.2, -0.15) is 0 Å². The zero-order chi connectivity index (χ0) is 24.8. The molecular formula is C25H29N5O5. The van der Waals surface area contributed by atoms with Crippen molar-refractivity contribution in [3.8, 4) is 34.3 Å². The Bertz CT molecular complexity index is 1160. The van der Waals surface area contributed by atoms with Crippen molar-refractivity contribution >= 4 is 17.5 Å². The molecule has 1 aromatic heterocycles. The van der Waals surface area contributed by atoms with Crippen molar-refractivity contribution in [1.82, 2.24) is 15.1 Å². The van der Waals surface area contributed by atoms with Gasteiger partial charge in [-0.3, -0.25) is 0 Å². The number of rotatable bonds is 7. The van der Waals surface area contributed by atoms with Gasteiger partial charge in [0.2, 0.25) is 0 Å². The normalized spacial score (nSPS) is 13.3. The van der Waals surface area contributed by atoms with Crippen LogP contribution in [0.1, 0.15) is 0 Å². The first-order valence-corrected chi connectivity index (χ1v) is 11.1. The first-order valence-electron chi connectivity index (χ1n) is 11.1. The highest BCUT2D eigenvalue weighted by molar-refractivity contribution is 5.91. The number of amides is 2. The van der Waals surface area contributed by atoms with E-state index in [1.165, 1.54) is 0 Å². The van der Waals surface area contributed by atoms with Crippen LogP contribution in [0.2, 0.25) is 0 Å². The van der Waals surface area contributed by atoms with Crippen molar-refractivity contribution in [2.75, 3.05) is 64.8 Å². The van der Waals surface area contributed by atoms with Crippen LogP contribution < -0.4 is 29.2 Å². The maximum absolute atomic E-state index is 12.8. The predicted molar refractivity (Wildman–Crippen MR) is 133 cm³/mol. The molecule has 2 amide bonds. The lowest BCUT2D eigenvalue weighted by molar-refractivity contribution is 0.208. The van der Waals surface area contributed by atoms with E-state index in [2.05, 4.69) is 20.4 Å². The number of nitrogens with zero attached hydrogens (tertiary/aromatic N) is 4. The van der Waals surface area contributed by atoms with Gasteiger partial charge < -0.3 is 34.1 Å². The summed E-state index contributed by atoms with van der Waals surface area (Å²) in [4.78, 5) is 16.7. The van der Waals surface area contributed by atoms with Gasteiger partial charge in [0.05, 0.1) is 39.8 Å². The number of urea groups is 1. The van der Waals surface area contributed by atoms with Gasteiger partial charge in [0, 0.05) is 37.8 Å². The molecule has 2 heterocycles. The predicted octanol–water partition coefficient (Wildman–Crippen LogP) is 3.53. The van der Waals surface area contributed by atoms with Crippen molar-refractivity contribution in [3.63, 3.8) is 0 Å². The number of anilines is 2. The largest absolute Gasteiger partial charge is 0.497 e. The number of ether oxygens (including phenoxy) is 4. The first-order chi connectivity index (χ1) is 17.1. The molecule has 10 heteroatoms. The van der Waals surface area contributed by atoms with Gasteiger partial charge in [0.15, 0.2) is 5.82 Å². The number of aromatic nitrogens is 2. The molecule has 4 rings (SSSR count). The third-order valence-corrected chi connectivity index (χ3v) is 5.87. The van der Waals surface area contributed by atoms with E-state index in [0.29, 0.717) is 60.6 Å². The topological polar surface area (TPSA) is 98.3 Å². The number of piperazine rings is 1. The molecule has 1 N–H and O–H groups in total. The molecular weight excluding hydrogens is 450 g/mol. The standard InChI is InChI=1S/C25H29N5O5/c1-32-17-5-8-22(34-3)19(15-17)20-7-10-24(28-27-20)29-11-13-30(14-12-29)25(31)26-21-16-18(33-2)6-9-23(21)35-4/h5-10,15-16H,11-14H2,1-4H3,(H,26,31). The molecule has 0 atom stereocenters. The average molecular weight is 480 g/mol. The summed E-state index contributed by atoms with van der Waals surface area (Å²) in [6.07, 6.45) is 0. The Morgan fingerprint density at radius 1 is 0.771 bits per heavy atom. The van der Waals surface area contributed by atoms with Crippen LogP contribution >= 0.6 is 0 Å². The maximum atomic E-state index is 12.8. The quantitative estimate of drug-likeness (QED) is 0.550. The molecule has 2 aromatic carbocycles. The fraction of sp³-hybridized carbons (Fsp3) is 0.320. The zero-order valence-electron chi connectivity index (χ0n) is 20.3. The van der Waals surface area contributed by atoms with E-state index in [-0.39, 0.29) is 6.03 Å². The van der Waals surface area contributed by atoms with Crippen molar-refractivity contribution in [3.05, 3.63) is 48.5 Å². The summed E-state index contributed by atoms with van der Waals surface area (Å²) in [7, 11) is 6.38. The Kier molecular flexibility index (Phi) is 7.39. The summed E-state index contributed by atoms with van der Waals surface area (Å²) in [5, 5.41) is 11.7. The molecule has 1 saturated heterocycles. The highest BCUT2D eigenvalue weighted by atomic mass is 16.5. The lowest BCUT2D eigenvalue weighted by atomic mass is 10.1. The first kappa shape index (κ1) is 23.9. The molecule has 0 spiro atoms. The molecule has 3 aromatic rings. The van der Waals surface area contributed by atoms with Crippen molar-refractivity contribution in [2.24, 2.45) is 0 Å². The number of benzene rings is 2. The Hall–Kier alpha value is -4.21. The second-order valence-electron chi connectivity index (χ2n) is 7.81.